The number of esters is 1. The number of carbonyl (C=O) groups is 2. The molecule has 0 saturated carbocycles. The average molecular weight is 453 g/mol. The van der Waals surface area contributed by atoms with Crippen molar-refractivity contribution in [2.24, 2.45) is 5.92 Å². The second-order valence-electron chi connectivity index (χ2n) is 7.51. The molecule has 2 aromatic rings. The molecule has 0 fully saturated rings. The third-order valence-corrected chi connectivity index (χ3v) is 6.05. The highest BCUT2D eigenvalue weighted by Gasteiger charge is 2.33. The van der Waals surface area contributed by atoms with Gasteiger partial charge >= 0.3 is 12.1 Å². The standard InChI is InChI=1S/C21H22F3N3O3S/c1-11(2)20(5,10-25)27-17(28)13(4)30-19(29)16-12(3)26-18(31-16)14-6-8-15(9-7-14)21(22,23)24/h6-9,11,13H,1-5H3,(H,27,28). The lowest BCUT2D eigenvalue weighted by Crippen LogP contribution is -2.52. The van der Waals surface area contributed by atoms with Gasteiger partial charge in [0.05, 0.1) is 17.3 Å². The lowest BCUT2D eigenvalue weighted by molar-refractivity contribution is -0.137. The van der Waals surface area contributed by atoms with Crippen molar-refractivity contribution in [1.29, 1.82) is 5.26 Å². The molecule has 2 rings (SSSR count). The number of nitrogens with one attached hydrogen (secondary N) is 1. The first-order valence-electron chi connectivity index (χ1n) is 9.37. The van der Waals surface area contributed by atoms with Crippen LogP contribution in [0.25, 0.3) is 10.6 Å². The van der Waals surface area contributed by atoms with E-state index in [1.807, 2.05) is 6.07 Å². The Morgan fingerprint density at radius 1 is 1.19 bits per heavy atom. The number of alkyl halides is 3. The molecular formula is C21H22F3N3O3S. The van der Waals surface area contributed by atoms with E-state index >= 15 is 0 Å². The lowest BCUT2D eigenvalue weighted by Gasteiger charge is -2.28. The van der Waals surface area contributed by atoms with E-state index in [2.05, 4.69) is 10.3 Å². The first kappa shape index (κ1) is 24.3. The summed E-state index contributed by atoms with van der Waals surface area (Å²) in [6.45, 7) is 8.09. The van der Waals surface area contributed by atoms with Crippen molar-refractivity contribution >= 4 is 23.2 Å². The maximum absolute atomic E-state index is 12.7. The van der Waals surface area contributed by atoms with Crippen LogP contribution in [0.15, 0.2) is 24.3 Å². The Morgan fingerprint density at radius 3 is 2.26 bits per heavy atom. The van der Waals surface area contributed by atoms with Gasteiger partial charge in [0, 0.05) is 5.56 Å². The first-order valence-corrected chi connectivity index (χ1v) is 10.2. The number of nitriles is 1. The molecule has 31 heavy (non-hydrogen) atoms. The van der Waals surface area contributed by atoms with Crippen LogP contribution in [0.5, 0.6) is 0 Å². The summed E-state index contributed by atoms with van der Waals surface area (Å²) in [6, 6.07) is 6.48. The molecule has 0 aliphatic carbocycles. The molecule has 2 atom stereocenters. The number of nitrogens with zero attached hydrogens (tertiary/aromatic N) is 2. The molecule has 6 nitrogen and oxygen atoms in total. The normalized spacial score (nSPS) is 14.5. The van der Waals surface area contributed by atoms with Crippen molar-refractivity contribution in [2.45, 2.75) is 52.4 Å². The highest BCUT2D eigenvalue weighted by molar-refractivity contribution is 7.17. The summed E-state index contributed by atoms with van der Waals surface area (Å²) in [5.41, 5.74) is -1.14. The number of hydrogen-bond acceptors (Lipinski definition) is 6. The zero-order valence-electron chi connectivity index (χ0n) is 17.6. The van der Waals surface area contributed by atoms with E-state index < -0.39 is 35.3 Å². The van der Waals surface area contributed by atoms with Gasteiger partial charge in [0.25, 0.3) is 5.91 Å². The van der Waals surface area contributed by atoms with E-state index in [1.54, 1.807) is 27.7 Å². The number of aryl methyl sites for hydroxylation is 1. The number of carbonyl (C=O) groups excluding carboxylic acids is 2. The van der Waals surface area contributed by atoms with E-state index in [4.69, 9.17) is 4.74 Å². The average Bonchev–Trinajstić information content (AvgIpc) is 3.08. The van der Waals surface area contributed by atoms with Crippen LogP contribution in [0.1, 0.15) is 48.6 Å². The maximum atomic E-state index is 12.7. The van der Waals surface area contributed by atoms with Crippen LogP contribution in [0, 0.1) is 24.2 Å². The molecule has 2 unspecified atom stereocenters. The number of amides is 1. The number of thiazole rings is 1. The number of ether oxygens (including phenoxy) is 1. The number of benzene rings is 1. The molecule has 1 N–H and O–H groups in total. The summed E-state index contributed by atoms with van der Waals surface area (Å²) in [4.78, 5) is 29.3. The van der Waals surface area contributed by atoms with Crippen molar-refractivity contribution in [1.82, 2.24) is 10.3 Å². The van der Waals surface area contributed by atoms with Gasteiger partial charge in [-0.2, -0.15) is 18.4 Å². The quantitative estimate of drug-likeness (QED) is 0.638. The molecule has 0 aliphatic rings. The van der Waals surface area contributed by atoms with Gasteiger partial charge in [-0.25, -0.2) is 9.78 Å². The molecule has 166 valence electrons. The smallest absolute Gasteiger partial charge is 0.416 e. The molecule has 0 saturated heterocycles. The third kappa shape index (κ3) is 5.61. The second-order valence-corrected chi connectivity index (χ2v) is 8.51. The van der Waals surface area contributed by atoms with Crippen LogP contribution in [0.2, 0.25) is 0 Å². The Kier molecular flexibility index (Phi) is 7.11. The minimum absolute atomic E-state index is 0.140. The third-order valence-electron chi connectivity index (χ3n) is 4.86. The predicted octanol–water partition coefficient (Wildman–Crippen LogP) is 4.74. The Labute approximate surface area is 182 Å². The van der Waals surface area contributed by atoms with Crippen LogP contribution in [-0.4, -0.2) is 28.5 Å². The van der Waals surface area contributed by atoms with Gasteiger partial charge in [-0.05, 0) is 38.8 Å². The molecule has 0 spiro atoms. The summed E-state index contributed by atoms with van der Waals surface area (Å²) in [5.74, 6) is -1.56. The molecule has 1 aromatic carbocycles. The largest absolute Gasteiger partial charge is 0.448 e. The zero-order chi connectivity index (χ0) is 23.6. The Morgan fingerprint density at radius 2 is 1.77 bits per heavy atom. The topological polar surface area (TPSA) is 92.1 Å². The van der Waals surface area contributed by atoms with Gasteiger partial charge in [0.1, 0.15) is 15.4 Å². The fourth-order valence-corrected chi connectivity index (χ4v) is 3.39. The minimum Gasteiger partial charge on any atom is -0.448 e. The molecule has 0 bridgehead atoms. The van der Waals surface area contributed by atoms with E-state index in [9.17, 15) is 28.0 Å². The Bertz CT molecular complexity index is 1010. The van der Waals surface area contributed by atoms with Gasteiger partial charge < -0.3 is 10.1 Å². The lowest BCUT2D eigenvalue weighted by atomic mass is 9.90. The monoisotopic (exact) mass is 453 g/mol. The van der Waals surface area contributed by atoms with Gasteiger partial charge in [0.15, 0.2) is 6.10 Å². The summed E-state index contributed by atoms with van der Waals surface area (Å²) in [5, 5.41) is 12.2. The van der Waals surface area contributed by atoms with Crippen LogP contribution < -0.4 is 5.32 Å². The fourth-order valence-electron chi connectivity index (χ4n) is 2.44. The summed E-state index contributed by atoms with van der Waals surface area (Å²) < 4.78 is 43.4. The summed E-state index contributed by atoms with van der Waals surface area (Å²) in [7, 11) is 0. The van der Waals surface area contributed by atoms with Crippen LogP contribution in [-0.2, 0) is 15.7 Å². The van der Waals surface area contributed by atoms with E-state index in [0.29, 0.717) is 16.3 Å². The number of aromatic nitrogens is 1. The Balaban J connectivity index is 2.14. The Hall–Kier alpha value is -2.93. The molecule has 0 aliphatic heterocycles. The highest BCUT2D eigenvalue weighted by atomic mass is 32.1. The number of halogens is 3. The van der Waals surface area contributed by atoms with Gasteiger partial charge in [0.2, 0.25) is 0 Å². The predicted molar refractivity (Wildman–Crippen MR) is 109 cm³/mol. The van der Waals surface area contributed by atoms with Gasteiger partial charge in [-0.3, -0.25) is 4.79 Å². The molecule has 1 aromatic heterocycles. The summed E-state index contributed by atoms with van der Waals surface area (Å²) >= 11 is 0.959. The molecule has 1 amide bonds. The molecule has 0 radical (unpaired) electrons. The summed E-state index contributed by atoms with van der Waals surface area (Å²) in [6.07, 6.45) is -5.60. The van der Waals surface area contributed by atoms with Crippen molar-refractivity contribution < 1.29 is 27.5 Å². The molecular weight excluding hydrogens is 431 g/mol. The van der Waals surface area contributed by atoms with E-state index in [0.717, 1.165) is 23.5 Å². The van der Waals surface area contributed by atoms with Gasteiger partial charge in [-0.1, -0.05) is 26.0 Å². The molecule has 1 heterocycles. The minimum atomic E-state index is -4.44. The van der Waals surface area contributed by atoms with Crippen molar-refractivity contribution in [2.75, 3.05) is 0 Å². The van der Waals surface area contributed by atoms with E-state index in [-0.39, 0.29) is 10.8 Å². The molecule has 10 heteroatoms. The van der Waals surface area contributed by atoms with Crippen molar-refractivity contribution in [3.05, 3.63) is 40.4 Å². The number of rotatable bonds is 6. The fraction of sp³-hybridized carbons (Fsp3) is 0.429. The van der Waals surface area contributed by atoms with Crippen molar-refractivity contribution in [3.8, 4) is 16.6 Å². The van der Waals surface area contributed by atoms with Gasteiger partial charge in [-0.15, -0.1) is 11.3 Å². The first-order chi connectivity index (χ1) is 14.3. The number of hydrogen-bond donors (Lipinski definition) is 1. The van der Waals surface area contributed by atoms with E-state index in [1.165, 1.54) is 19.1 Å². The van der Waals surface area contributed by atoms with Crippen LogP contribution in [0.3, 0.4) is 0 Å². The van der Waals surface area contributed by atoms with Crippen LogP contribution in [0.4, 0.5) is 13.2 Å². The SMILES string of the molecule is Cc1nc(-c2ccc(C(F)(F)F)cc2)sc1C(=O)OC(C)C(=O)NC(C)(C#N)C(C)C. The highest BCUT2D eigenvalue weighted by Crippen LogP contribution is 2.33. The maximum Gasteiger partial charge on any atom is 0.416 e. The zero-order valence-corrected chi connectivity index (χ0v) is 18.4. The second kappa shape index (κ2) is 9.06. The van der Waals surface area contributed by atoms with Crippen molar-refractivity contribution in [3.63, 3.8) is 0 Å². The van der Waals surface area contributed by atoms with Crippen LogP contribution >= 0.6 is 11.3 Å².